The van der Waals surface area contributed by atoms with E-state index in [-0.39, 0.29) is 30.2 Å². The van der Waals surface area contributed by atoms with Gasteiger partial charge in [-0.1, -0.05) is 0 Å². The number of halogens is 1. The first-order chi connectivity index (χ1) is 14.3. The molecule has 0 N–H and O–H groups in total. The number of pyridine rings is 1. The van der Waals surface area contributed by atoms with Gasteiger partial charge in [-0.25, -0.2) is 4.39 Å². The van der Waals surface area contributed by atoms with E-state index in [2.05, 4.69) is 4.98 Å². The van der Waals surface area contributed by atoms with Crippen molar-refractivity contribution < 1.29 is 23.5 Å². The Morgan fingerprint density at radius 3 is 2.60 bits per heavy atom. The van der Waals surface area contributed by atoms with E-state index in [1.165, 1.54) is 23.1 Å². The first-order valence-electron chi connectivity index (χ1n) is 10.1. The Morgan fingerprint density at radius 2 is 1.93 bits per heavy atom. The van der Waals surface area contributed by atoms with Crippen molar-refractivity contribution in [3.63, 3.8) is 0 Å². The molecule has 1 fully saturated rings. The molecule has 8 heteroatoms. The molecular weight excluding hydrogens is 389 g/mol. The molecule has 0 aliphatic carbocycles. The molecular formula is C22H26FN3O4. The Morgan fingerprint density at radius 1 is 1.23 bits per heavy atom. The average Bonchev–Trinajstić information content (AvgIpc) is 2.72. The zero-order valence-electron chi connectivity index (χ0n) is 17.5. The van der Waals surface area contributed by atoms with Gasteiger partial charge in [-0.3, -0.25) is 19.4 Å². The topological polar surface area (TPSA) is 79.8 Å². The number of fused-ring (bicyclic) bond motifs is 1. The summed E-state index contributed by atoms with van der Waals surface area (Å²) in [6.45, 7) is 4.70. The first-order valence-corrected chi connectivity index (χ1v) is 10.1. The van der Waals surface area contributed by atoms with Crippen LogP contribution in [0.5, 0.6) is 0 Å². The molecule has 1 saturated heterocycles. The van der Waals surface area contributed by atoms with Crippen molar-refractivity contribution in [3.8, 4) is 0 Å². The molecule has 1 aliphatic heterocycles. The summed E-state index contributed by atoms with van der Waals surface area (Å²) in [7, 11) is 1.57. The standard InChI is InChI=1S/C22H26FN3O4/c1-4-30-22(29)15-7-9-26(10-8-15)20(27)13-25(3)21(28)18-11-14(2)24-19-12-16(23)5-6-17(18)19/h5-6,11-12,15H,4,7-10,13H2,1-3H3. The van der Waals surface area contributed by atoms with E-state index >= 15 is 0 Å². The molecule has 1 aliphatic rings. The second kappa shape index (κ2) is 9.19. The van der Waals surface area contributed by atoms with Crippen molar-refractivity contribution in [1.29, 1.82) is 0 Å². The van der Waals surface area contributed by atoms with Crippen LogP contribution in [0.1, 0.15) is 35.8 Å². The van der Waals surface area contributed by atoms with Crippen molar-refractivity contribution in [2.75, 3.05) is 33.3 Å². The predicted octanol–water partition coefficient (Wildman–Crippen LogP) is 2.56. The van der Waals surface area contributed by atoms with Gasteiger partial charge in [-0.2, -0.15) is 0 Å². The number of amides is 2. The van der Waals surface area contributed by atoms with Crippen LogP contribution < -0.4 is 0 Å². The molecule has 3 rings (SSSR count). The SMILES string of the molecule is CCOC(=O)C1CCN(C(=O)CN(C)C(=O)c2cc(C)nc3cc(F)ccc23)CC1. The number of ether oxygens (including phenoxy) is 1. The largest absolute Gasteiger partial charge is 0.466 e. The zero-order chi connectivity index (χ0) is 21.8. The van der Waals surface area contributed by atoms with Gasteiger partial charge in [-0.15, -0.1) is 0 Å². The highest BCUT2D eigenvalue weighted by molar-refractivity contribution is 6.07. The number of likely N-dealkylation sites (N-methyl/N-ethyl adjacent to an activating group) is 1. The third-order valence-corrected chi connectivity index (χ3v) is 5.32. The van der Waals surface area contributed by atoms with Crippen molar-refractivity contribution in [2.24, 2.45) is 5.92 Å². The van der Waals surface area contributed by atoms with Crippen LogP contribution in [0.4, 0.5) is 4.39 Å². The van der Waals surface area contributed by atoms with Gasteiger partial charge in [0.2, 0.25) is 5.91 Å². The summed E-state index contributed by atoms with van der Waals surface area (Å²) < 4.78 is 18.6. The minimum absolute atomic E-state index is 0.0764. The maximum atomic E-state index is 13.5. The Hall–Kier alpha value is -3.03. The lowest BCUT2D eigenvalue weighted by atomic mass is 9.97. The number of hydrogen-bond donors (Lipinski definition) is 0. The number of nitrogens with zero attached hydrogens (tertiary/aromatic N) is 3. The number of carbonyl (C=O) groups excluding carboxylic acids is 3. The van der Waals surface area contributed by atoms with Gasteiger partial charge in [0.05, 0.1) is 30.1 Å². The number of benzene rings is 1. The fraction of sp³-hybridized carbons (Fsp3) is 0.455. The Bertz CT molecular complexity index is 965. The summed E-state index contributed by atoms with van der Waals surface area (Å²) in [5.74, 6) is -1.32. The fourth-order valence-electron chi connectivity index (χ4n) is 3.72. The first kappa shape index (κ1) is 21.7. The number of piperidine rings is 1. The predicted molar refractivity (Wildman–Crippen MR) is 109 cm³/mol. The van der Waals surface area contributed by atoms with Crippen LogP contribution in [0.3, 0.4) is 0 Å². The average molecular weight is 415 g/mol. The number of likely N-dealkylation sites (tertiary alicyclic amines) is 1. The lowest BCUT2D eigenvalue weighted by molar-refractivity contribution is -0.151. The van der Waals surface area contributed by atoms with Gasteiger partial charge >= 0.3 is 5.97 Å². The third kappa shape index (κ3) is 4.75. The molecule has 30 heavy (non-hydrogen) atoms. The second-order valence-corrected chi connectivity index (χ2v) is 7.54. The molecule has 2 amide bonds. The lowest BCUT2D eigenvalue weighted by Gasteiger charge is -2.32. The summed E-state index contributed by atoms with van der Waals surface area (Å²) in [6.07, 6.45) is 1.12. The summed E-state index contributed by atoms with van der Waals surface area (Å²) in [4.78, 5) is 44.8. The molecule has 0 radical (unpaired) electrons. The number of esters is 1. The van der Waals surface area contributed by atoms with Crippen LogP contribution >= 0.6 is 0 Å². The van der Waals surface area contributed by atoms with Gasteiger partial charge < -0.3 is 14.5 Å². The zero-order valence-corrected chi connectivity index (χ0v) is 17.5. The molecule has 0 spiro atoms. The van der Waals surface area contributed by atoms with Gasteiger partial charge in [0.15, 0.2) is 0 Å². The van der Waals surface area contributed by atoms with Crippen LogP contribution in [-0.2, 0) is 14.3 Å². The van der Waals surface area contributed by atoms with Crippen LogP contribution in [0, 0.1) is 18.7 Å². The molecule has 0 bridgehead atoms. The normalized spacial score (nSPS) is 14.6. The minimum atomic E-state index is -0.422. The van der Waals surface area contributed by atoms with Crippen LogP contribution in [0.2, 0.25) is 0 Å². The molecule has 0 atom stereocenters. The highest BCUT2D eigenvalue weighted by Crippen LogP contribution is 2.22. The molecule has 0 saturated carbocycles. The van der Waals surface area contributed by atoms with E-state index in [1.54, 1.807) is 31.9 Å². The smallest absolute Gasteiger partial charge is 0.309 e. The van der Waals surface area contributed by atoms with E-state index < -0.39 is 5.82 Å². The Labute approximate surface area is 174 Å². The molecule has 2 aromatic rings. The molecule has 2 heterocycles. The van der Waals surface area contributed by atoms with Gasteiger partial charge in [0.1, 0.15) is 5.82 Å². The quantitative estimate of drug-likeness (QED) is 0.702. The van der Waals surface area contributed by atoms with Crippen LogP contribution in [0.25, 0.3) is 10.9 Å². The maximum Gasteiger partial charge on any atom is 0.309 e. The van der Waals surface area contributed by atoms with Crippen molar-refractivity contribution in [2.45, 2.75) is 26.7 Å². The van der Waals surface area contributed by atoms with E-state index in [1.807, 2.05) is 0 Å². The van der Waals surface area contributed by atoms with Gasteiger partial charge in [-0.05, 0) is 44.9 Å². The highest BCUT2D eigenvalue weighted by Gasteiger charge is 2.29. The van der Waals surface area contributed by atoms with E-state index in [4.69, 9.17) is 4.74 Å². The number of aryl methyl sites for hydroxylation is 1. The van der Waals surface area contributed by atoms with E-state index in [0.29, 0.717) is 54.7 Å². The summed E-state index contributed by atoms with van der Waals surface area (Å²) in [5, 5.41) is 0.543. The van der Waals surface area contributed by atoms with E-state index in [0.717, 1.165) is 0 Å². The minimum Gasteiger partial charge on any atom is -0.466 e. The van der Waals surface area contributed by atoms with Crippen LogP contribution in [-0.4, -0.2) is 65.9 Å². The van der Waals surface area contributed by atoms with Gasteiger partial charge in [0, 0.05) is 37.3 Å². The fourth-order valence-corrected chi connectivity index (χ4v) is 3.72. The number of rotatable bonds is 5. The lowest BCUT2D eigenvalue weighted by Crippen LogP contribution is -2.45. The molecule has 160 valence electrons. The summed E-state index contributed by atoms with van der Waals surface area (Å²) >= 11 is 0. The summed E-state index contributed by atoms with van der Waals surface area (Å²) in [6, 6.07) is 5.75. The molecule has 7 nitrogen and oxygen atoms in total. The monoisotopic (exact) mass is 415 g/mol. The van der Waals surface area contributed by atoms with Crippen molar-refractivity contribution in [3.05, 3.63) is 41.3 Å². The summed E-state index contributed by atoms with van der Waals surface area (Å²) in [5.41, 5.74) is 1.38. The Kier molecular flexibility index (Phi) is 6.64. The van der Waals surface area contributed by atoms with Crippen molar-refractivity contribution >= 4 is 28.7 Å². The number of carbonyl (C=O) groups is 3. The van der Waals surface area contributed by atoms with Crippen molar-refractivity contribution in [1.82, 2.24) is 14.8 Å². The Balaban J connectivity index is 1.66. The highest BCUT2D eigenvalue weighted by atomic mass is 19.1. The van der Waals surface area contributed by atoms with Crippen LogP contribution in [0.15, 0.2) is 24.3 Å². The maximum absolute atomic E-state index is 13.5. The number of aromatic nitrogens is 1. The number of hydrogen-bond acceptors (Lipinski definition) is 5. The van der Waals surface area contributed by atoms with E-state index in [9.17, 15) is 18.8 Å². The van der Waals surface area contributed by atoms with Gasteiger partial charge in [0.25, 0.3) is 5.91 Å². The molecule has 0 unspecified atom stereocenters. The molecule has 1 aromatic heterocycles. The third-order valence-electron chi connectivity index (χ3n) is 5.32. The second-order valence-electron chi connectivity index (χ2n) is 7.54. The molecule has 1 aromatic carbocycles.